The SMILES string of the molecule is C=C1CCC(N2Cc3cc(F)ccc3C2=C)C(=C)N1. The fourth-order valence-corrected chi connectivity index (χ4v) is 2.91. The van der Waals surface area contributed by atoms with E-state index in [-0.39, 0.29) is 11.9 Å². The van der Waals surface area contributed by atoms with E-state index in [1.807, 2.05) is 6.07 Å². The van der Waals surface area contributed by atoms with Crippen molar-refractivity contribution >= 4 is 5.70 Å². The second kappa shape index (κ2) is 4.26. The van der Waals surface area contributed by atoms with Crippen molar-refractivity contribution in [3.05, 3.63) is 66.3 Å². The van der Waals surface area contributed by atoms with Gasteiger partial charge in [0.2, 0.25) is 0 Å². The minimum absolute atomic E-state index is 0.192. The Labute approximate surface area is 112 Å². The molecule has 19 heavy (non-hydrogen) atoms. The number of piperidine rings is 1. The summed E-state index contributed by atoms with van der Waals surface area (Å²) in [7, 11) is 0. The monoisotopic (exact) mass is 256 g/mol. The Bertz CT molecular complexity index is 588. The quantitative estimate of drug-likeness (QED) is 0.828. The number of allylic oxidation sites excluding steroid dienone is 1. The zero-order valence-electron chi connectivity index (χ0n) is 10.9. The number of benzene rings is 1. The molecular formula is C16H17FN2. The third-order valence-corrected chi connectivity index (χ3v) is 3.90. The number of fused-ring (bicyclic) bond motifs is 1. The first-order valence-corrected chi connectivity index (χ1v) is 6.44. The van der Waals surface area contributed by atoms with Crippen LogP contribution in [0.2, 0.25) is 0 Å². The summed E-state index contributed by atoms with van der Waals surface area (Å²) in [6.07, 6.45) is 1.90. The van der Waals surface area contributed by atoms with Crippen LogP contribution >= 0.6 is 0 Å². The molecule has 2 aliphatic heterocycles. The number of rotatable bonds is 1. The van der Waals surface area contributed by atoms with Crippen LogP contribution in [-0.2, 0) is 6.54 Å². The average molecular weight is 256 g/mol. The molecule has 3 rings (SSSR count). The van der Waals surface area contributed by atoms with Gasteiger partial charge in [0.25, 0.3) is 0 Å². The third-order valence-electron chi connectivity index (χ3n) is 3.90. The molecule has 1 fully saturated rings. The van der Waals surface area contributed by atoms with Crippen LogP contribution in [0.15, 0.2) is 49.3 Å². The van der Waals surface area contributed by atoms with Gasteiger partial charge in [-0.1, -0.05) is 19.7 Å². The molecule has 0 amide bonds. The summed E-state index contributed by atoms with van der Waals surface area (Å²) in [5, 5.41) is 3.22. The van der Waals surface area contributed by atoms with Crippen LogP contribution < -0.4 is 5.32 Å². The molecule has 1 aromatic carbocycles. The molecular weight excluding hydrogens is 239 g/mol. The van der Waals surface area contributed by atoms with Crippen LogP contribution in [0.4, 0.5) is 4.39 Å². The van der Waals surface area contributed by atoms with E-state index in [0.29, 0.717) is 6.54 Å². The molecule has 3 heteroatoms. The van der Waals surface area contributed by atoms with Crippen molar-refractivity contribution < 1.29 is 4.39 Å². The van der Waals surface area contributed by atoms with E-state index in [0.717, 1.165) is 41.1 Å². The molecule has 2 nitrogen and oxygen atoms in total. The summed E-state index contributed by atoms with van der Waals surface area (Å²) < 4.78 is 13.3. The summed E-state index contributed by atoms with van der Waals surface area (Å²) in [6.45, 7) is 12.9. The Morgan fingerprint density at radius 2 is 2.05 bits per heavy atom. The highest BCUT2D eigenvalue weighted by atomic mass is 19.1. The lowest BCUT2D eigenvalue weighted by molar-refractivity contribution is 0.297. The molecule has 1 N–H and O–H groups in total. The van der Waals surface area contributed by atoms with E-state index in [1.165, 1.54) is 6.07 Å². The maximum Gasteiger partial charge on any atom is 0.123 e. The molecule has 2 aliphatic rings. The lowest BCUT2D eigenvalue weighted by Gasteiger charge is -2.36. The van der Waals surface area contributed by atoms with Crippen molar-refractivity contribution in [3.8, 4) is 0 Å². The van der Waals surface area contributed by atoms with Crippen LogP contribution in [-0.4, -0.2) is 10.9 Å². The van der Waals surface area contributed by atoms with Crippen molar-refractivity contribution in [1.29, 1.82) is 0 Å². The zero-order valence-corrected chi connectivity index (χ0v) is 10.9. The number of hydrogen-bond acceptors (Lipinski definition) is 2. The number of nitrogens with zero attached hydrogens (tertiary/aromatic N) is 1. The van der Waals surface area contributed by atoms with Gasteiger partial charge in [-0.2, -0.15) is 0 Å². The fraction of sp³-hybridized carbons (Fsp3) is 0.250. The maximum absolute atomic E-state index is 13.3. The van der Waals surface area contributed by atoms with E-state index in [9.17, 15) is 4.39 Å². The standard InChI is InChI=1S/C16H17FN2/c1-10-4-7-16(11(2)18-10)19-9-13-8-14(17)5-6-15(13)12(19)3/h5-6,8,16,18H,1-4,7,9H2. The van der Waals surface area contributed by atoms with Gasteiger partial charge in [0.15, 0.2) is 0 Å². The highest BCUT2D eigenvalue weighted by Gasteiger charge is 2.31. The molecule has 1 unspecified atom stereocenters. The lowest BCUT2D eigenvalue weighted by atomic mass is 10.0. The molecule has 1 aromatic rings. The van der Waals surface area contributed by atoms with Crippen molar-refractivity contribution in [2.75, 3.05) is 0 Å². The molecule has 0 radical (unpaired) electrons. The van der Waals surface area contributed by atoms with Gasteiger partial charge in [0.05, 0.1) is 6.04 Å². The highest BCUT2D eigenvalue weighted by Crippen LogP contribution is 2.37. The number of nitrogens with one attached hydrogen (secondary N) is 1. The van der Waals surface area contributed by atoms with Gasteiger partial charge < -0.3 is 10.2 Å². The lowest BCUT2D eigenvalue weighted by Crippen LogP contribution is -2.39. The maximum atomic E-state index is 13.3. The first-order chi connectivity index (χ1) is 9.06. The van der Waals surface area contributed by atoms with Crippen LogP contribution in [0.25, 0.3) is 5.70 Å². The van der Waals surface area contributed by atoms with Crippen LogP contribution in [0.1, 0.15) is 24.0 Å². The first kappa shape index (κ1) is 12.0. The summed E-state index contributed by atoms with van der Waals surface area (Å²) >= 11 is 0. The Kier molecular flexibility index (Phi) is 2.70. The molecule has 2 heterocycles. The van der Waals surface area contributed by atoms with Gasteiger partial charge in [-0.15, -0.1) is 0 Å². The Hall–Kier alpha value is -2.03. The minimum Gasteiger partial charge on any atom is -0.362 e. The predicted octanol–water partition coefficient (Wildman–Crippen LogP) is 3.39. The molecule has 1 saturated heterocycles. The highest BCUT2D eigenvalue weighted by molar-refractivity contribution is 5.69. The molecule has 0 saturated carbocycles. The van der Waals surface area contributed by atoms with Crippen molar-refractivity contribution in [2.24, 2.45) is 0 Å². The van der Waals surface area contributed by atoms with Gasteiger partial charge in [-0.05, 0) is 36.6 Å². The summed E-state index contributed by atoms with van der Waals surface area (Å²) in [5.41, 5.74) is 4.96. The predicted molar refractivity (Wildman–Crippen MR) is 75.4 cm³/mol. The molecule has 0 spiro atoms. The number of halogens is 1. The van der Waals surface area contributed by atoms with Gasteiger partial charge in [-0.25, -0.2) is 4.39 Å². The zero-order chi connectivity index (χ0) is 13.6. The van der Waals surface area contributed by atoms with E-state index in [2.05, 4.69) is 30.0 Å². The Balaban J connectivity index is 1.87. The minimum atomic E-state index is -0.192. The van der Waals surface area contributed by atoms with Crippen LogP contribution in [0.5, 0.6) is 0 Å². The summed E-state index contributed by atoms with van der Waals surface area (Å²) in [6, 6.07) is 5.10. The van der Waals surface area contributed by atoms with Crippen LogP contribution in [0.3, 0.4) is 0 Å². The Morgan fingerprint density at radius 3 is 2.79 bits per heavy atom. The van der Waals surface area contributed by atoms with E-state index in [1.54, 1.807) is 6.07 Å². The third kappa shape index (κ3) is 1.95. The molecule has 0 bridgehead atoms. The van der Waals surface area contributed by atoms with E-state index < -0.39 is 0 Å². The largest absolute Gasteiger partial charge is 0.362 e. The fourth-order valence-electron chi connectivity index (χ4n) is 2.91. The second-order valence-corrected chi connectivity index (χ2v) is 5.18. The molecule has 1 atom stereocenters. The van der Waals surface area contributed by atoms with E-state index in [4.69, 9.17) is 0 Å². The van der Waals surface area contributed by atoms with Crippen molar-refractivity contribution in [3.63, 3.8) is 0 Å². The van der Waals surface area contributed by atoms with Crippen molar-refractivity contribution in [2.45, 2.75) is 25.4 Å². The topological polar surface area (TPSA) is 15.3 Å². The second-order valence-electron chi connectivity index (χ2n) is 5.18. The molecule has 98 valence electrons. The first-order valence-electron chi connectivity index (χ1n) is 6.44. The van der Waals surface area contributed by atoms with Crippen LogP contribution in [0, 0.1) is 5.82 Å². The van der Waals surface area contributed by atoms with E-state index >= 15 is 0 Å². The Morgan fingerprint density at radius 1 is 1.26 bits per heavy atom. The average Bonchev–Trinajstić information content (AvgIpc) is 2.66. The molecule has 0 aliphatic carbocycles. The van der Waals surface area contributed by atoms with Gasteiger partial charge >= 0.3 is 0 Å². The normalized spacial score (nSPS) is 22.5. The van der Waals surface area contributed by atoms with Gasteiger partial charge in [0, 0.05) is 29.2 Å². The van der Waals surface area contributed by atoms with Gasteiger partial charge in [-0.3, -0.25) is 0 Å². The molecule has 0 aromatic heterocycles. The van der Waals surface area contributed by atoms with Crippen molar-refractivity contribution in [1.82, 2.24) is 10.2 Å². The van der Waals surface area contributed by atoms with Gasteiger partial charge in [0.1, 0.15) is 5.82 Å². The number of hydrogen-bond donors (Lipinski definition) is 1. The summed E-state index contributed by atoms with van der Waals surface area (Å²) in [5.74, 6) is -0.192. The summed E-state index contributed by atoms with van der Waals surface area (Å²) in [4.78, 5) is 2.20. The smallest absolute Gasteiger partial charge is 0.123 e.